The van der Waals surface area contributed by atoms with E-state index < -0.39 is 18.0 Å². The van der Waals surface area contributed by atoms with E-state index in [1.165, 1.54) is 42.3 Å². The Bertz CT molecular complexity index is 984. The first kappa shape index (κ1) is 27.8. The lowest BCUT2D eigenvalue weighted by Gasteiger charge is -2.26. The van der Waals surface area contributed by atoms with Gasteiger partial charge in [-0.3, -0.25) is 9.55 Å². The topological polar surface area (TPSA) is 66.2 Å². The lowest BCUT2D eigenvalue weighted by atomic mass is 9.99. The average molecular weight is 478 g/mol. The van der Waals surface area contributed by atoms with E-state index in [1.807, 2.05) is 27.7 Å². The lowest BCUT2D eigenvalue weighted by Crippen LogP contribution is -2.40. The summed E-state index contributed by atoms with van der Waals surface area (Å²) in [5.41, 5.74) is 1.23. The molecule has 0 N–H and O–H groups in total. The molecule has 0 aliphatic carbocycles. The molecule has 2 aromatic heterocycles. The predicted molar refractivity (Wildman–Crippen MR) is 128 cm³/mol. The van der Waals surface area contributed by atoms with E-state index in [9.17, 15) is 13.6 Å². The third kappa shape index (κ3) is 7.42. The number of esters is 1. The van der Waals surface area contributed by atoms with E-state index in [0.29, 0.717) is 11.3 Å². The third-order valence-corrected chi connectivity index (χ3v) is 4.27. The predicted octanol–water partition coefficient (Wildman–Crippen LogP) is 6.09. The highest BCUT2D eigenvalue weighted by Gasteiger charge is 2.52. The fraction of sp³-hybridized carbons (Fsp3) is 0.333. The van der Waals surface area contributed by atoms with Crippen molar-refractivity contribution in [3.05, 3.63) is 72.9 Å². The van der Waals surface area contributed by atoms with Crippen LogP contribution in [0.4, 0.5) is 8.78 Å². The fourth-order valence-electron chi connectivity index (χ4n) is 2.61. The van der Waals surface area contributed by atoms with Gasteiger partial charge in [-0.25, -0.2) is 9.78 Å². The minimum Gasteiger partial charge on any atom is -0.461 e. The van der Waals surface area contributed by atoms with Gasteiger partial charge in [-0.05, 0) is 42.9 Å². The van der Waals surface area contributed by atoms with Gasteiger partial charge < -0.3 is 9.47 Å². The molecule has 0 fully saturated rings. The van der Waals surface area contributed by atoms with Gasteiger partial charge in [-0.1, -0.05) is 52.0 Å². The van der Waals surface area contributed by atoms with Gasteiger partial charge in [0.25, 0.3) is 5.17 Å². The van der Waals surface area contributed by atoms with Crippen LogP contribution in [0.2, 0.25) is 0 Å². The number of ether oxygens (including phenoxy) is 2. The summed E-state index contributed by atoms with van der Waals surface area (Å²) in [5.74, 6) is -5.68. The molecule has 0 saturated carbocycles. The van der Waals surface area contributed by atoms with Crippen LogP contribution in [0.15, 0.2) is 67.4 Å². The monoisotopic (exact) mass is 477 g/mol. The van der Waals surface area contributed by atoms with Crippen molar-refractivity contribution < 1.29 is 23.0 Å². The van der Waals surface area contributed by atoms with Crippen LogP contribution in [0.3, 0.4) is 0 Å². The molecule has 0 aliphatic rings. The summed E-state index contributed by atoms with van der Waals surface area (Å²) in [6.07, 6.45) is 3.78. The van der Waals surface area contributed by atoms with Crippen LogP contribution in [-0.4, -0.2) is 38.2 Å². The molecule has 9 heteroatoms. The minimum atomic E-state index is -3.98. The maximum absolute atomic E-state index is 15.0. The molecule has 0 bridgehead atoms. The van der Waals surface area contributed by atoms with Crippen LogP contribution in [-0.2, 0) is 14.3 Å². The lowest BCUT2D eigenvalue weighted by molar-refractivity contribution is -0.187. The maximum Gasteiger partial charge on any atom is 0.382 e. The Morgan fingerprint density at radius 2 is 1.85 bits per heavy atom. The molecule has 178 valence electrons. The van der Waals surface area contributed by atoms with Crippen molar-refractivity contribution in [2.75, 3.05) is 6.61 Å². The summed E-state index contributed by atoms with van der Waals surface area (Å²) >= 11 is 5.10. The highest BCUT2D eigenvalue weighted by molar-refractivity contribution is 7.80. The standard InChI is InChI=1S/C20H17F2N3O3S.2C2H6/c1-2-27-18(26)20(21,22)17(28-19(29)25-11-10-23-13-25)15-7-5-6-14(12-15)16-8-3-4-9-24-16;2*1-2/h3-13,17H,2H2,1H3;2*1-2H3. The van der Waals surface area contributed by atoms with Gasteiger partial charge in [0.05, 0.1) is 12.3 Å². The zero-order valence-electron chi connectivity index (χ0n) is 19.4. The number of imidazole rings is 1. The van der Waals surface area contributed by atoms with Gasteiger partial charge in [-0.15, -0.1) is 0 Å². The second-order valence-electron chi connectivity index (χ2n) is 5.92. The van der Waals surface area contributed by atoms with E-state index in [1.54, 1.807) is 36.5 Å². The Morgan fingerprint density at radius 1 is 1.12 bits per heavy atom. The first-order valence-corrected chi connectivity index (χ1v) is 11.1. The molecule has 0 radical (unpaired) electrons. The normalized spacial score (nSPS) is 11.1. The number of benzene rings is 1. The van der Waals surface area contributed by atoms with Crippen molar-refractivity contribution in [3.63, 3.8) is 0 Å². The summed E-state index contributed by atoms with van der Waals surface area (Å²) in [6, 6.07) is 11.5. The van der Waals surface area contributed by atoms with Gasteiger partial charge in [0, 0.05) is 24.2 Å². The van der Waals surface area contributed by atoms with Crippen molar-refractivity contribution in [1.29, 1.82) is 0 Å². The first-order chi connectivity index (χ1) is 15.9. The molecule has 0 saturated heterocycles. The number of thiocarbonyl (C=S) groups is 1. The van der Waals surface area contributed by atoms with Crippen molar-refractivity contribution in [1.82, 2.24) is 14.5 Å². The van der Waals surface area contributed by atoms with E-state index in [-0.39, 0.29) is 17.3 Å². The summed E-state index contributed by atoms with van der Waals surface area (Å²) in [5, 5.41) is -0.278. The quantitative estimate of drug-likeness (QED) is 0.316. The molecule has 3 rings (SSSR count). The van der Waals surface area contributed by atoms with Crippen LogP contribution in [0.1, 0.15) is 46.3 Å². The summed E-state index contributed by atoms with van der Waals surface area (Å²) < 4.78 is 41.2. The smallest absolute Gasteiger partial charge is 0.382 e. The number of pyridine rings is 1. The highest BCUT2D eigenvalue weighted by Crippen LogP contribution is 2.37. The number of halogens is 2. The van der Waals surface area contributed by atoms with Gasteiger partial charge in [0.15, 0.2) is 0 Å². The summed E-state index contributed by atoms with van der Waals surface area (Å²) in [6.45, 7) is 9.25. The van der Waals surface area contributed by atoms with Crippen LogP contribution in [0.5, 0.6) is 0 Å². The van der Waals surface area contributed by atoms with Gasteiger partial charge in [0.2, 0.25) is 6.10 Å². The molecule has 0 amide bonds. The fourth-order valence-corrected chi connectivity index (χ4v) is 2.81. The van der Waals surface area contributed by atoms with Gasteiger partial charge in [0.1, 0.15) is 6.33 Å². The average Bonchev–Trinajstić information content (AvgIpc) is 3.41. The minimum absolute atomic E-state index is 0.0497. The number of nitrogens with zero attached hydrogens (tertiary/aromatic N) is 3. The summed E-state index contributed by atoms with van der Waals surface area (Å²) in [4.78, 5) is 20.0. The number of rotatable bonds is 6. The zero-order chi connectivity index (χ0) is 24.9. The molecule has 1 unspecified atom stereocenters. The van der Waals surface area contributed by atoms with Crippen LogP contribution in [0.25, 0.3) is 11.3 Å². The molecule has 3 aromatic rings. The Morgan fingerprint density at radius 3 is 2.42 bits per heavy atom. The third-order valence-electron chi connectivity index (χ3n) is 3.96. The molecule has 1 aromatic carbocycles. The van der Waals surface area contributed by atoms with E-state index in [0.717, 1.165) is 0 Å². The first-order valence-electron chi connectivity index (χ1n) is 10.7. The van der Waals surface area contributed by atoms with Gasteiger partial charge >= 0.3 is 11.9 Å². The maximum atomic E-state index is 15.0. The Balaban J connectivity index is 0.00000129. The number of carbonyl (C=O) groups is 1. The SMILES string of the molecule is CC.CC.CCOC(=O)C(F)(F)C(OC(=S)n1ccnc1)c1cccc(-c2ccccn2)c1. The van der Waals surface area contributed by atoms with Crippen LogP contribution >= 0.6 is 12.2 Å². The number of carbonyl (C=O) groups excluding carboxylic acids is 1. The number of alkyl halides is 2. The van der Waals surface area contributed by atoms with Crippen LogP contribution < -0.4 is 0 Å². The van der Waals surface area contributed by atoms with Crippen molar-refractivity contribution in [2.24, 2.45) is 0 Å². The van der Waals surface area contributed by atoms with E-state index >= 15 is 0 Å². The van der Waals surface area contributed by atoms with Crippen molar-refractivity contribution in [2.45, 2.75) is 46.6 Å². The van der Waals surface area contributed by atoms with Crippen LogP contribution in [0, 0.1) is 0 Å². The molecule has 2 heterocycles. The molecule has 33 heavy (non-hydrogen) atoms. The second kappa shape index (κ2) is 14.1. The Hall–Kier alpha value is -3.20. The Labute approximate surface area is 198 Å². The van der Waals surface area contributed by atoms with E-state index in [2.05, 4.69) is 14.7 Å². The molecule has 6 nitrogen and oxygen atoms in total. The zero-order valence-corrected chi connectivity index (χ0v) is 20.2. The molecule has 1 atom stereocenters. The molecular formula is C24H29F2N3O3S. The Kier molecular flexibility index (Phi) is 11.9. The largest absolute Gasteiger partial charge is 0.461 e. The van der Waals surface area contributed by atoms with Crippen molar-refractivity contribution >= 4 is 23.4 Å². The number of hydrogen-bond donors (Lipinski definition) is 0. The molecule has 0 aliphatic heterocycles. The second-order valence-corrected chi connectivity index (χ2v) is 6.27. The molecular weight excluding hydrogens is 448 g/mol. The number of hydrogen-bond acceptors (Lipinski definition) is 6. The highest BCUT2D eigenvalue weighted by atomic mass is 32.1. The van der Waals surface area contributed by atoms with E-state index in [4.69, 9.17) is 17.0 Å². The van der Waals surface area contributed by atoms with Crippen molar-refractivity contribution in [3.8, 4) is 11.3 Å². The summed E-state index contributed by atoms with van der Waals surface area (Å²) in [7, 11) is 0. The molecule has 0 spiro atoms. The van der Waals surface area contributed by atoms with Gasteiger partial charge in [-0.2, -0.15) is 8.78 Å². The number of aromatic nitrogens is 3.